The van der Waals surface area contributed by atoms with E-state index in [9.17, 15) is 27.4 Å². The molecule has 13 nitrogen and oxygen atoms in total. The molecule has 0 radical (unpaired) electrons. The zero-order valence-corrected chi connectivity index (χ0v) is 18.9. The monoisotopic (exact) mass is 455 g/mol. The van der Waals surface area contributed by atoms with Crippen LogP contribution in [0.25, 0.3) is 0 Å². The van der Waals surface area contributed by atoms with Gasteiger partial charge in [-0.2, -0.15) is 0 Å². The summed E-state index contributed by atoms with van der Waals surface area (Å²) in [5.41, 5.74) is 5.14. The largest absolute Gasteiger partial charge is 1.00 e. The van der Waals surface area contributed by atoms with Crippen LogP contribution in [-0.4, -0.2) is 71.6 Å². The van der Waals surface area contributed by atoms with Gasteiger partial charge in [0.25, 0.3) is 11.8 Å². The van der Waals surface area contributed by atoms with Gasteiger partial charge in [-0.15, -0.1) is 11.3 Å². The average Bonchev–Trinajstić information content (AvgIpc) is 3.04. The van der Waals surface area contributed by atoms with Crippen LogP contribution in [0.1, 0.15) is 5.69 Å². The number of nitrogens with two attached hydrogens (primary N) is 1. The first-order valence-corrected chi connectivity index (χ1v) is 9.56. The molecule has 29 heavy (non-hydrogen) atoms. The number of nitrogens with one attached hydrogen (secondary N) is 1. The molecule has 0 bridgehead atoms. The Kier molecular flexibility index (Phi) is 8.73. The molecule has 0 aliphatic carbocycles. The maximum atomic E-state index is 12.5. The van der Waals surface area contributed by atoms with E-state index in [1.54, 1.807) is 0 Å². The summed E-state index contributed by atoms with van der Waals surface area (Å²) in [6, 6.07) is -3.51. The molecule has 0 aromatic carbocycles. The third-order valence-electron chi connectivity index (χ3n) is 3.35. The van der Waals surface area contributed by atoms with E-state index in [0.717, 1.165) is 18.4 Å². The summed E-state index contributed by atoms with van der Waals surface area (Å²) >= 11 is 1.00. The molecule has 0 saturated carbocycles. The SMILES string of the molecule is C=CCO/N=C(/C(=O)N[C@H]1C(=O)N(S(=O)(=O)[O-])[C@H]1C(=O)OC)c1csc(N)n1.[Na+]. The number of anilines is 1. The summed E-state index contributed by atoms with van der Waals surface area (Å²) in [7, 11) is -4.36. The standard InChI is InChI=1S/C13H15N5O8S2.Na/c1-3-4-26-17-7(6-5-27-13(14)15-6)10(19)16-8-9(12(21)25-2)18(11(8)20)28(22,23)24;/h3,5,8-9H,1,4H2,2H3,(H2,14,15)(H,16,19)(H,22,23,24);/q;+1/p-1/b17-7+;/t8-,9-;/m1./s1. The fourth-order valence-corrected chi connectivity index (χ4v) is 3.54. The molecule has 0 unspecified atom stereocenters. The van der Waals surface area contributed by atoms with Crippen molar-refractivity contribution in [1.82, 2.24) is 14.6 Å². The maximum absolute atomic E-state index is 12.5. The number of esters is 1. The Labute approximate surface area is 191 Å². The number of nitrogen functional groups attached to an aromatic ring is 1. The number of hydrogen-bond donors (Lipinski definition) is 2. The second kappa shape index (κ2) is 10.1. The number of oxime groups is 1. The number of aromatic nitrogens is 1. The van der Waals surface area contributed by atoms with Gasteiger partial charge in [-0.3, -0.25) is 9.59 Å². The Morgan fingerprint density at radius 1 is 1.55 bits per heavy atom. The Balaban J connectivity index is 0.00000420. The fourth-order valence-electron chi connectivity index (χ4n) is 2.17. The predicted octanol–water partition coefficient (Wildman–Crippen LogP) is -5.04. The van der Waals surface area contributed by atoms with E-state index in [-0.39, 0.29) is 51.3 Å². The van der Waals surface area contributed by atoms with Gasteiger partial charge in [0.2, 0.25) is 0 Å². The maximum Gasteiger partial charge on any atom is 1.00 e. The van der Waals surface area contributed by atoms with Crippen molar-refractivity contribution in [2.45, 2.75) is 12.1 Å². The average molecular weight is 455 g/mol. The van der Waals surface area contributed by atoms with Gasteiger partial charge in [0.05, 0.1) is 7.11 Å². The molecule has 2 rings (SSSR count). The summed E-state index contributed by atoms with van der Waals surface area (Å²) in [5.74, 6) is -3.53. The normalized spacial score (nSPS) is 18.9. The summed E-state index contributed by atoms with van der Waals surface area (Å²) in [5, 5.41) is 7.22. The summed E-state index contributed by atoms with van der Waals surface area (Å²) in [6.07, 6.45) is 1.36. The summed E-state index contributed by atoms with van der Waals surface area (Å²) in [6.45, 7) is 3.36. The number of hydrogen-bond acceptors (Lipinski definition) is 12. The molecule has 152 valence electrons. The van der Waals surface area contributed by atoms with Crippen molar-refractivity contribution in [3.63, 3.8) is 0 Å². The number of carbonyl (C=O) groups is 3. The number of rotatable bonds is 8. The molecule has 1 aliphatic rings. The zero-order chi connectivity index (χ0) is 21.1. The molecule has 3 N–H and O–H groups in total. The minimum absolute atomic E-state index is 0. The summed E-state index contributed by atoms with van der Waals surface area (Å²) in [4.78, 5) is 45.0. The number of methoxy groups -OCH3 is 1. The number of carbonyl (C=O) groups excluding carboxylic acids is 3. The van der Waals surface area contributed by atoms with Gasteiger partial charge in [0.15, 0.2) is 27.2 Å². The molecule has 1 aromatic heterocycles. The van der Waals surface area contributed by atoms with E-state index in [0.29, 0.717) is 0 Å². The fraction of sp³-hybridized carbons (Fsp3) is 0.308. The molecule has 1 fully saturated rings. The van der Waals surface area contributed by atoms with Crippen LogP contribution in [0.5, 0.6) is 0 Å². The molecule has 0 spiro atoms. The summed E-state index contributed by atoms with van der Waals surface area (Å²) < 4.78 is 37.7. The van der Waals surface area contributed by atoms with E-state index >= 15 is 0 Å². The van der Waals surface area contributed by atoms with E-state index < -0.39 is 45.9 Å². The third-order valence-corrected chi connectivity index (χ3v) is 4.91. The van der Waals surface area contributed by atoms with Crippen LogP contribution in [0, 0.1) is 0 Å². The molecule has 1 aromatic rings. The molecule has 2 heterocycles. The first-order valence-electron chi connectivity index (χ1n) is 7.31. The van der Waals surface area contributed by atoms with Crippen molar-refractivity contribution in [2.24, 2.45) is 5.16 Å². The molecular formula is C13H14N5NaO8S2. The van der Waals surface area contributed by atoms with Gasteiger partial charge in [-0.1, -0.05) is 17.8 Å². The molecular weight excluding hydrogens is 441 g/mol. The number of nitrogens with zero attached hydrogens (tertiary/aromatic N) is 3. The molecule has 1 aliphatic heterocycles. The van der Waals surface area contributed by atoms with Crippen molar-refractivity contribution in [1.29, 1.82) is 0 Å². The first-order chi connectivity index (χ1) is 13.1. The van der Waals surface area contributed by atoms with Crippen molar-refractivity contribution in [3.8, 4) is 0 Å². The van der Waals surface area contributed by atoms with Crippen LogP contribution >= 0.6 is 11.3 Å². The van der Waals surface area contributed by atoms with Crippen molar-refractivity contribution >= 4 is 50.3 Å². The number of amides is 2. The van der Waals surface area contributed by atoms with Crippen LogP contribution in [0.3, 0.4) is 0 Å². The Morgan fingerprint density at radius 3 is 2.69 bits per heavy atom. The van der Waals surface area contributed by atoms with Crippen LogP contribution in [0.15, 0.2) is 23.2 Å². The van der Waals surface area contributed by atoms with E-state index in [4.69, 9.17) is 10.6 Å². The van der Waals surface area contributed by atoms with Gasteiger partial charge in [-0.05, 0) is 0 Å². The molecule has 1 saturated heterocycles. The van der Waals surface area contributed by atoms with Crippen molar-refractivity contribution in [2.75, 3.05) is 19.5 Å². The van der Waals surface area contributed by atoms with Gasteiger partial charge in [0.1, 0.15) is 18.3 Å². The number of thiazole rings is 1. The van der Waals surface area contributed by atoms with Crippen LogP contribution in [0.4, 0.5) is 5.13 Å². The Bertz CT molecular complexity index is 947. The van der Waals surface area contributed by atoms with Crippen LogP contribution in [0.2, 0.25) is 0 Å². The van der Waals surface area contributed by atoms with Gasteiger partial charge in [0, 0.05) is 5.38 Å². The van der Waals surface area contributed by atoms with Crippen molar-refractivity contribution < 1.29 is 66.5 Å². The van der Waals surface area contributed by atoms with E-state index in [1.807, 2.05) is 0 Å². The topological polar surface area (TPSA) is 193 Å². The zero-order valence-electron chi connectivity index (χ0n) is 15.2. The molecule has 2 atom stereocenters. The van der Waals surface area contributed by atoms with Crippen LogP contribution < -0.4 is 40.6 Å². The number of ether oxygens (including phenoxy) is 1. The minimum Gasteiger partial charge on any atom is -0.731 e. The van der Waals surface area contributed by atoms with Crippen LogP contribution in [-0.2, 0) is 34.3 Å². The minimum atomic E-state index is -5.29. The van der Waals surface area contributed by atoms with E-state index in [2.05, 4.69) is 26.8 Å². The van der Waals surface area contributed by atoms with Gasteiger partial charge in [-0.25, -0.2) is 22.5 Å². The Hall–Kier alpha value is -2.04. The second-order valence-electron chi connectivity index (χ2n) is 5.11. The van der Waals surface area contributed by atoms with E-state index in [1.165, 1.54) is 11.5 Å². The molecule has 16 heteroatoms. The van der Waals surface area contributed by atoms with Crippen molar-refractivity contribution in [3.05, 3.63) is 23.7 Å². The Morgan fingerprint density at radius 2 is 2.21 bits per heavy atom. The quantitative estimate of drug-likeness (QED) is 0.0560. The smallest absolute Gasteiger partial charge is 0.731 e. The van der Waals surface area contributed by atoms with Gasteiger partial charge < -0.3 is 25.2 Å². The molecule has 2 amide bonds. The third kappa shape index (κ3) is 5.52. The van der Waals surface area contributed by atoms with Gasteiger partial charge >= 0.3 is 35.5 Å². The predicted molar refractivity (Wildman–Crippen MR) is 93.5 cm³/mol. The second-order valence-corrected chi connectivity index (χ2v) is 7.24. The number of β-lactam (4-membered cyclic amide) rings is 1. The first kappa shape index (κ1) is 25.0.